The van der Waals surface area contributed by atoms with Crippen LogP contribution in [0.5, 0.6) is 5.75 Å². The molecule has 0 saturated carbocycles. The van der Waals surface area contributed by atoms with E-state index in [0.29, 0.717) is 0 Å². The molecular weight excluding hydrogens is 531 g/mol. The van der Waals surface area contributed by atoms with E-state index in [-0.39, 0.29) is 16.6 Å². The van der Waals surface area contributed by atoms with Crippen LogP contribution in [0.15, 0.2) is 41.3 Å². The van der Waals surface area contributed by atoms with E-state index in [1.54, 1.807) is 32.0 Å². The zero-order valence-electron chi connectivity index (χ0n) is 20.6. The molecule has 2 heterocycles. The van der Waals surface area contributed by atoms with E-state index in [2.05, 4.69) is 10.1 Å². The molecule has 37 heavy (non-hydrogen) atoms. The molecule has 6 atom stereocenters. The minimum absolute atomic E-state index is 0.0691. The number of hydrogen-bond donors (Lipinski definition) is 4. The largest absolute Gasteiger partial charge is 0.462 e. The first kappa shape index (κ1) is 29.1. The average Bonchev–Trinajstić information content (AvgIpc) is 3.03. The van der Waals surface area contributed by atoms with E-state index in [0.717, 1.165) is 10.8 Å². The van der Waals surface area contributed by atoms with Gasteiger partial charge in [0.2, 0.25) is 0 Å². The highest BCUT2D eigenvalue weighted by atomic mass is 35.5. The fraction of sp³-hybridized carbons (Fsp3) is 0.500. The predicted molar refractivity (Wildman–Crippen MR) is 133 cm³/mol. The van der Waals surface area contributed by atoms with Gasteiger partial charge in [-0.25, -0.2) is 9.36 Å². The highest BCUT2D eigenvalue weighted by Crippen LogP contribution is 2.47. The number of para-hydroxylation sites is 1. The third kappa shape index (κ3) is 6.88. The van der Waals surface area contributed by atoms with Gasteiger partial charge < -0.3 is 29.9 Å². The average molecular weight is 561 g/mol. The van der Waals surface area contributed by atoms with Gasteiger partial charge in [0.25, 0.3) is 0 Å². The molecule has 1 aromatic carbocycles. The number of nitrogens with zero attached hydrogens (tertiary/aromatic N) is 2. The van der Waals surface area contributed by atoms with Crippen LogP contribution in [0, 0.1) is 0 Å². The Morgan fingerprint density at radius 2 is 2.00 bits per heavy atom. The lowest BCUT2D eigenvalue weighted by Gasteiger charge is -2.27. The van der Waals surface area contributed by atoms with Crippen molar-refractivity contribution < 1.29 is 38.1 Å². The first-order valence-electron chi connectivity index (χ1n) is 11.3. The molecule has 1 fully saturated rings. The Kier molecular flexibility index (Phi) is 9.01. The van der Waals surface area contributed by atoms with E-state index >= 15 is 0 Å². The van der Waals surface area contributed by atoms with E-state index in [1.807, 2.05) is 0 Å². The summed E-state index contributed by atoms with van der Waals surface area (Å²) in [7, 11) is -4.27. The summed E-state index contributed by atoms with van der Waals surface area (Å²) in [5.74, 6) is -0.728. The highest BCUT2D eigenvalue weighted by molar-refractivity contribution is 7.52. The molecule has 15 heteroatoms. The number of ether oxygens (including phenoxy) is 2. The molecule has 0 amide bonds. The first-order chi connectivity index (χ1) is 17.2. The zero-order chi connectivity index (χ0) is 27.5. The first-order valence-corrected chi connectivity index (χ1v) is 13.2. The number of hydrogen-bond acceptors (Lipinski definition) is 11. The summed E-state index contributed by atoms with van der Waals surface area (Å²) in [5.41, 5.74) is 2.66. The van der Waals surface area contributed by atoms with Crippen molar-refractivity contribution in [1.29, 1.82) is 0 Å². The number of aliphatic hydroxyl groups excluding tert-OH is 1. The summed E-state index contributed by atoms with van der Waals surface area (Å²) in [4.78, 5) is 28.2. The lowest BCUT2D eigenvalue weighted by Crippen LogP contribution is -2.46. The van der Waals surface area contributed by atoms with Crippen molar-refractivity contribution in [3.63, 3.8) is 0 Å². The number of rotatable bonds is 10. The number of nitrogen functional groups attached to an aromatic ring is 1. The number of aromatic nitrogens is 2. The van der Waals surface area contributed by atoms with Crippen molar-refractivity contribution in [3.8, 4) is 5.75 Å². The number of carbonyl (C=O) groups excluding carboxylic acids is 1. The van der Waals surface area contributed by atoms with Gasteiger partial charge in [0.15, 0.2) is 6.23 Å². The highest BCUT2D eigenvalue weighted by Gasteiger charge is 2.54. The SMILES string of the molecule is CC(C)OC(=O)[C@@H](C)N[P@@](=O)(OC[C@H]1OC(n2cc(Cl)c(N)nc2=O)[C@](C)(O)[C@@H]1O)Oc1ccccc1. The number of nitrogens with two attached hydrogens (primary N) is 1. The molecule has 13 nitrogen and oxygen atoms in total. The number of benzene rings is 1. The van der Waals surface area contributed by atoms with Crippen LogP contribution >= 0.6 is 19.3 Å². The van der Waals surface area contributed by atoms with E-state index in [1.165, 1.54) is 26.0 Å². The van der Waals surface area contributed by atoms with Crippen LogP contribution in [-0.2, 0) is 23.4 Å². The molecule has 1 aliphatic heterocycles. The second kappa shape index (κ2) is 11.5. The lowest BCUT2D eigenvalue weighted by molar-refractivity contribution is -0.149. The fourth-order valence-corrected chi connectivity index (χ4v) is 5.16. The Hall–Kier alpha value is -2.51. The Morgan fingerprint density at radius 1 is 1.35 bits per heavy atom. The van der Waals surface area contributed by atoms with Crippen molar-refractivity contribution in [3.05, 3.63) is 52.0 Å². The molecule has 1 aromatic heterocycles. The Morgan fingerprint density at radius 3 is 2.62 bits per heavy atom. The molecule has 3 rings (SSSR count). The maximum atomic E-state index is 13.6. The predicted octanol–water partition coefficient (Wildman–Crippen LogP) is 1.62. The number of aliphatic hydroxyl groups is 2. The number of carbonyl (C=O) groups is 1. The molecule has 0 spiro atoms. The summed E-state index contributed by atoms with van der Waals surface area (Å²) in [6.07, 6.45) is -3.61. The molecule has 1 saturated heterocycles. The molecule has 0 bridgehead atoms. The fourth-order valence-electron chi connectivity index (χ4n) is 3.51. The van der Waals surface area contributed by atoms with Gasteiger partial charge in [-0.3, -0.25) is 13.9 Å². The Bertz CT molecular complexity index is 1210. The number of nitrogens with one attached hydrogen (secondary N) is 1. The number of halogens is 1. The van der Waals surface area contributed by atoms with Gasteiger partial charge in [-0.1, -0.05) is 29.8 Å². The summed E-state index contributed by atoms with van der Waals surface area (Å²) >= 11 is 5.96. The van der Waals surface area contributed by atoms with Crippen LogP contribution in [0.3, 0.4) is 0 Å². The van der Waals surface area contributed by atoms with Crippen LogP contribution in [0.25, 0.3) is 0 Å². The van der Waals surface area contributed by atoms with Gasteiger partial charge in [-0.2, -0.15) is 10.1 Å². The van der Waals surface area contributed by atoms with Crippen molar-refractivity contribution in [2.75, 3.05) is 12.3 Å². The molecule has 0 radical (unpaired) electrons. The lowest BCUT2D eigenvalue weighted by atomic mass is 9.96. The van der Waals surface area contributed by atoms with Gasteiger partial charge in [0.1, 0.15) is 35.4 Å². The smallest absolute Gasteiger partial charge is 0.459 e. The quantitative estimate of drug-likeness (QED) is 0.243. The Labute approximate surface area is 218 Å². The van der Waals surface area contributed by atoms with Crippen molar-refractivity contribution in [2.45, 2.75) is 63.9 Å². The van der Waals surface area contributed by atoms with Gasteiger partial charge in [0, 0.05) is 6.20 Å². The van der Waals surface area contributed by atoms with Gasteiger partial charge in [0.05, 0.1) is 17.7 Å². The van der Waals surface area contributed by atoms with Crippen LogP contribution in [-0.4, -0.2) is 62.3 Å². The molecule has 1 unspecified atom stereocenters. The molecule has 5 N–H and O–H groups in total. The van der Waals surface area contributed by atoms with E-state index in [9.17, 15) is 24.4 Å². The van der Waals surface area contributed by atoms with Crippen LogP contribution in [0.2, 0.25) is 5.02 Å². The topological polar surface area (TPSA) is 184 Å². The Balaban J connectivity index is 1.81. The zero-order valence-corrected chi connectivity index (χ0v) is 22.3. The number of esters is 1. The van der Waals surface area contributed by atoms with E-state index < -0.39 is 62.2 Å². The molecule has 204 valence electrons. The maximum absolute atomic E-state index is 13.6. The van der Waals surface area contributed by atoms with Crippen molar-refractivity contribution in [1.82, 2.24) is 14.6 Å². The summed E-state index contributed by atoms with van der Waals surface area (Å²) in [5, 5.41) is 24.1. The normalized spacial score (nSPS) is 26.0. The third-order valence-electron chi connectivity index (χ3n) is 5.38. The van der Waals surface area contributed by atoms with Crippen LogP contribution < -0.4 is 21.0 Å². The second-order valence-corrected chi connectivity index (χ2v) is 11.0. The molecule has 1 aliphatic rings. The molecule has 0 aliphatic carbocycles. The molecule has 2 aromatic rings. The van der Waals surface area contributed by atoms with Crippen molar-refractivity contribution in [2.24, 2.45) is 0 Å². The molecular formula is C22H30ClN4O9P. The summed E-state index contributed by atoms with van der Waals surface area (Å²) in [6.45, 7) is 5.42. The van der Waals surface area contributed by atoms with E-state index in [4.69, 9.17) is 35.9 Å². The minimum Gasteiger partial charge on any atom is -0.462 e. The summed E-state index contributed by atoms with van der Waals surface area (Å²) < 4.78 is 36.4. The summed E-state index contributed by atoms with van der Waals surface area (Å²) in [6, 6.07) is 6.97. The second-order valence-electron chi connectivity index (χ2n) is 8.90. The van der Waals surface area contributed by atoms with Gasteiger partial charge >= 0.3 is 19.4 Å². The standard InChI is InChI=1S/C22H30ClN4O9P/c1-12(2)34-19(29)13(3)26-37(32,36-14-8-6-5-7-9-14)33-11-16-17(28)22(4,31)20(35-16)27-10-15(23)18(24)25-21(27)30/h5-10,12-13,16-17,20,28,31H,11H2,1-4H3,(H,26,32)(H2,24,25,30)/t13-,16-,17-,20?,22-,37-/m1/s1. The van der Waals surface area contributed by atoms with Crippen molar-refractivity contribution >= 4 is 31.1 Å². The van der Waals surface area contributed by atoms with Gasteiger partial charge in [-0.05, 0) is 39.8 Å². The monoisotopic (exact) mass is 560 g/mol. The van der Waals surface area contributed by atoms with Gasteiger partial charge in [-0.15, -0.1) is 0 Å². The van der Waals surface area contributed by atoms with Crippen LogP contribution in [0.4, 0.5) is 5.82 Å². The third-order valence-corrected chi connectivity index (χ3v) is 7.31. The van der Waals surface area contributed by atoms with Crippen LogP contribution in [0.1, 0.15) is 33.9 Å². The number of anilines is 1. The maximum Gasteiger partial charge on any atom is 0.459 e. The minimum atomic E-state index is -4.27.